The second-order valence-corrected chi connectivity index (χ2v) is 6.36. The molecule has 0 heterocycles. The molecule has 0 aliphatic rings. The van der Waals surface area contributed by atoms with Gasteiger partial charge < -0.3 is 5.11 Å². The van der Waals surface area contributed by atoms with Gasteiger partial charge in [-0.05, 0) is 28.4 Å². The van der Waals surface area contributed by atoms with Crippen LogP contribution in [0.3, 0.4) is 0 Å². The molecule has 106 valence electrons. The number of nitrogens with one attached hydrogen (secondary N) is 1. The molecule has 1 rings (SSSR count). The fraction of sp³-hybridized carbons (Fsp3) is 0.300. The Hall–Kier alpha value is -1.22. The first-order chi connectivity index (χ1) is 8.71. The van der Waals surface area contributed by atoms with Crippen LogP contribution in [-0.2, 0) is 14.8 Å². The highest BCUT2D eigenvalue weighted by Crippen LogP contribution is 2.27. The van der Waals surface area contributed by atoms with Gasteiger partial charge in [-0.2, -0.15) is 0 Å². The Balaban J connectivity index is 2.81. The summed E-state index contributed by atoms with van der Waals surface area (Å²) in [5.74, 6) is -3.50. The molecule has 2 N–H and O–H groups in total. The van der Waals surface area contributed by atoms with Crippen molar-refractivity contribution >= 4 is 37.6 Å². The summed E-state index contributed by atoms with van der Waals surface area (Å²) in [6, 6.07) is 1.46. The number of sulfonamides is 1. The van der Waals surface area contributed by atoms with E-state index in [2.05, 4.69) is 15.9 Å². The first-order valence-corrected chi connectivity index (χ1v) is 7.52. The van der Waals surface area contributed by atoms with Crippen LogP contribution in [0.25, 0.3) is 0 Å². The molecule has 0 aromatic heterocycles. The van der Waals surface area contributed by atoms with E-state index in [-0.39, 0.29) is 17.3 Å². The number of benzene rings is 1. The number of rotatable bonds is 6. The van der Waals surface area contributed by atoms with Crippen LogP contribution in [0.2, 0.25) is 0 Å². The van der Waals surface area contributed by atoms with Crippen LogP contribution in [0.4, 0.5) is 14.5 Å². The molecular weight excluding hydrogens is 348 g/mol. The van der Waals surface area contributed by atoms with E-state index in [1.54, 1.807) is 0 Å². The van der Waals surface area contributed by atoms with Gasteiger partial charge in [0.15, 0.2) is 5.82 Å². The topological polar surface area (TPSA) is 83.5 Å². The van der Waals surface area contributed by atoms with Crippen LogP contribution in [0, 0.1) is 11.6 Å². The van der Waals surface area contributed by atoms with E-state index in [9.17, 15) is 22.0 Å². The van der Waals surface area contributed by atoms with Gasteiger partial charge in [-0.3, -0.25) is 9.52 Å². The van der Waals surface area contributed by atoms with Gasteiger partial charge in [-0.1, -0.05) is 0 Å². The number of halogens is 3. The van der Waals surface area contributed by atoms with Gasteiger partial charge in [-0.25, -0.2) is 17.2 Å². The van der Waals surface area contributed by atoms with E-state index in [1.807, 2.05) is 4.72 Å². The normalized spacial score (nSPS) is 11.3. The number of hydrogen-bond acceptors (Lipinski definition) is 3. The van der Waals surface area contributed by atoms with Crippen LogP contribution < -0.4 is 4.72 Å². The van der Waals surface area contributed by atoms with Crippen molar-refractivity contribution in [3.63, 3.8) is 0 Å². The smallest absolute Gasteiger partial charge is 0.303 e. The third kappa shape index (κ3) is 5.11. The maximum Gasteiger partial charge on any atom is 0.303 e. The average Bonchev–Trinajstić information content (AvgIpc) is 2.22. The van der Waals surface area contributed by atoms with Gasteiger partial charge in [0.05, 0.1) is 11.4 Å². The molecular formula is C10H10BrF2NO4S. The maximum atomic E-state index is 13.4. The van der Waals surface area contributed by atoms with Crippen molar-refractivity contribution < 1.29 is 27.1 Å². The fourth-order valence-electron chi connectivity index (χ4n) is 1.26. The molecule has 1 aromatic rings. The Kier molecular flexibility index (Phi) is 5.24. The Bertz CT molecular complexity index is 568. The summed E-state index contributed by atoms with van der Waals surface area (Å²) in [4.78, 5) is 10.3. The van der Waals surface area contributed by atoms with E-state index >= 15 is 0 Å². The highest BCUT2D eigenvalue weighted by atomic mass is 79.9. The monoisotopic (exact) mass is 357 g/mol. The van der Waals surface area contributed by atoms with E-state index in [0.717, 1.165) is 6.07 Å². The lowest BCUT2D eigenvalue weighted by Crippen LogP contribution is -2.18. The van der Waals surface area contributed by atoms with Gasteiger partial charge in [-0.15, -0.1) is 0 Å². The largest absolute Gasteiger partial charge is 0.481 e. The van der Waals surface area contributed by atoms with Crippen molar-refractivity contribution in [1.29, 1.82) is 0 Å². The zero-order valence-electron chi connectivity index (χ0n) is 9.49. The minimum atomic E-state index is -3.89. The number of carboxylic acids is 1. The van der Waals surface area contributed by atoms with Crippen LogP contribution in [0.1, 0.15) is 12.8 Å². The molecule has 0 saturated carbocycles. The molecule has 0 aliphatic heterocycles. The summed E-state index contributed by atoms with van der Waals surface area (Å²) in [5.41, 5.74) is -0.406. The van der Waals surface area contributed by atoms with Gasteiger partial charge in [0.25, 0.3) is 0 Å². The summed E-state index contributed by atoms with van der Waals surface area (Å²) in [6.45, 7) is 0. The molecule has 0 unspecified atom stereocenters. The van der Waals surface area contributed by atoms with Crippen molar-refractivity contribution in [2.45, 2.75) is 12.8 Å². The lowest BCUT2D eigenvalue weighted by atomic mass is 10.3. The summed E-state index contributed by atoms with van der Waals surface area (Å²) in [6.07, 6.45) is -0.418. The minimum Gasteiger partial charge on any atom is -0.481 e. The molecule has 19 heavy (non-hydrogen) atoms. The van der Waals surface area contributed by atoms with Crippen LogP contribution in [0.5, 0.6) is 0 Å². The van der Waals surface area contributed by atoms with Crippen molar-refractivity contribution in [2.75, 3.05) is 10.5 Å². The van der Waals surface area contributed by atoms with Gasteiger partial charge in [0.2, 0.25) is 10.0 Å². The molecule has 0 spiro atoms. The summed E-state index contributed by atoms with van der Waals surface area (Å²) in [7, 11) is -3.89. The van der Waals surface area contributed by atoms with Crippen LogP contribution in [-0.4, -0.2) is 25.2 Å². The third-order valence-corrected chi connectivity index (χ3v) is 4.03. The molecule has 0 bridgehead atoms. The summed E-state index contributed by atoms with van der Waals surface area (Å²) < 4.78 is 51.3. The fourth-order valence-corrected chi connectivity index (χ4v) is 3.04. The molecule has 0 atom stereocenters. The number of carbonyl (C=O) groups is 1. The standard InChI is InChI=1S/C10H10BrF2NO4S/c11-7-4-6(12)5-8(13)10(7)14-19(17,18)3-1-2-9(15)16/h4-5,14H,1-3H2,(H,15,16). The minimum absolute atomic E-state index is 0.0770. The highest BCUT2D eigenvalue weighted by Gasteiger charge is 2.17. The van der Waals surface area contributed by atoms with Crippen molar-refractivity contribution in [2.24, 2.45) is 0 Å². The molecule has 9 heteroatoms. The summed E-state index contributed by atoms with van der Waals surface area (Å²) >= 11 is 2.84. The predicted octanol–water partition coefficient (Wildman–Crippen LogP) is 2.33. The molecule has 0 radical (unpaired) electrons. The van der Waals surface area contributed by atoms with Crippen LogP contribution in [0.15, 0.2) is 16.6 Å². The van der Waals surface area contributed by atoms with Crippen LogP contribution >= 0.6 is 15.9 Å². The molecule has 1 aromatic carbocycles. The van der Waals surface area contributed by atoms with E-state index in [4.69, 9.17) is 5.11 Å². The van der Waals surface area contributed by atoms with Gasteiger partial charge >= 0.3 is 5.97 Å². The number of carboxylic acid groups (broad SMARTS) is 1. The first-order valence-electron chi connectivity index (χ1n) is 5.08. The zero-order valence-corrected chi connectivity index (χ0v) is 11.9. The third-order valence-electron chi connectivity index (χ3n) is 2.07. The first kappa shape index (κ1) is 15.8. The average molecular weight is 358 g/mol. The molecule has 0 saturated heterocycles. The van der Waals surface area contributed by atoms with E-state index < -0.39 is 39.1 Å². The van der Waals surface area contributed by atoms with Gasteiger partial charge in [0, 0.05) is 17.0 Å². The van der Waals surface area contributed by atoms with E-state index in [1.165, 1.54) is 0 Å². The Morgan fingerprint density at radius 1 is 1.37 bits per heavy atom. The molecule has 0 fully saturated rings. The van der Waals surface area contributed by atoms with Crippen molar-refractivity contribution in [3.05, 3.63) is 28.2 Å². The second-order valence-electron chi connectivity index (χ2n) is 3.66. The van der Waals surface area contributed by atoms with Crippen molar-refractivity contribution in [3.8, 4) is 0 Å². The number of hydrogen-bond donors (Lipinski definition) is 2. The maximum absolute atomic E-state index is 13.4. The number of aliphatic carboxylic acids is 1. The number of anilines is 1. The SMILES string of the molecule is O=C(O)CCCS(=O)(=O)Nc1c(F)cc(F)cc1Br. The van der Waals surface area contributed by atoms with Gasteiger partial charge in [0.1, 0.15) is 5.82 Å². The Morgan fingerprint density at radius 3 is 2.53 bits per heavy atom. The highest BCUT2D eigenvalue weighted by molar-refractivity contribution is 9.10. The molecule has 0 aliphatic carbocycles. The quantitative estimate of drug-likeness (QED) is 0.818. The predicted molar refractivity (Wildman–Crippen MR) is 68.3 cm³/mol. The summed E-state index contributed by atoms with van der Waals surface area (Å²) in [5, 5.41) is 8.39. The lowest BCUT2D eigenvalue weighted by molar-refractivity contribution is -0.137. The van der Waals surface area contributed by atoms with E-state index in [0.29, 0.717) is 6.07 Å². The Morgan fingerprint density at radius 2 is 2.00 bits per heavy atom. The zero-order chi connectivity index (χ0) is 14.6. The second kappa shape index (κ2) is 6.29. The molecule has 0 amide bonds. The molecule has 5 nitrogen and oxygen atoms in total. The lowest BCUT2D eigenvalue weighted by Gasteiger charge is -2.10. The van der Waals surface area contributed by atoms with Crippen molar-refractivity contribution in [1.82, 2.24) is 0 Å². The Labute approximate surface area is 116 Å².